The zero-order valence-corrected chi connectivity index (χ0v) is 10.9. The molecule has 1 aromatic carbocycles. The molecule has 0 fully saturated rings. The predicted octanol–water partition coefficient (Wildman–Crippen LogP) is 3.43. The molecule has 0 amide bonds. The van der Waals surface area contributed by atoms with Gasteiger partial charge in [0, 0.05) is 6.04 Å². The van der Waals surface area contributed by atoms with Crippen molar-refractivity contribution in [2.75, 3.05) is 0 Å². The van der Waals surface area contributed by atoms with Crippen LogP contribution < -0.4 is 0 Å². The average molecular weight is 250 g/mol. The molecule has 0 aliphatic carbocycles. The molecule has 2 aromatic rings. The van der Waals surface area contributed by atoms with Crippen molar-refractivity contribution in [3.8, 4) is 0 Å². The summed E-state index contributed by atoms with van der Waals surface area (Å²) in [6.45, 7) is 4.07. The van der Waals surface area contributed by atoms with E-state index in [9.17, 15) is 0 Å². The van der Waals surface area contributed by atoms with Gasteiger partial charge < -0.3 is 0 Å². The summed E-state index contributed by atoms with van der Waals surface area (Å²) in [4.78, 5) is 0. The summed E-state index contributed by atoms with van der Waals surface area (Å²) in [7, 11) is 0. The molecule has 0 spiro atoms. The number of aromatic nitrogens is 3. The number of hydrogen-bond donors (Lipinski definition) is 0. The van der Waals surface area contributed by atoms with Gasteiger partial charge in [-0.25, -0.2) is 0 Å². The summed E-state index contributed by atoms with van der Waals surface area (Å²) in [5.74, 6) is 0.871. The Hall–Kier alpha value is -1.35. The monoisotopic (exact) mass is 249 g/mol. The Balaban J connectivity index is 2.01. The van der Waals surface area contributed by atoms with Gasteiger partial charge in [0.1, 0.15) is 5.82 Å². The lowest BCUT2D eigenvalue weighted by molar-refractivity contribution is 0.496. The summed E-state index contributed by atoms with van der Waals surface area (Å²) in [5, 5.41) is 8.32. The molecule has 1 atom stereocenters. The van der Waals surface area contributed by atoms with E-state index in [0.29, 0.717) is 11.3 Å². The maximum atomic E-state index is 6.01. The van der Waals surface area contributed by atoms with E-state index >= 15 is 0 Å². The fourth-order valence-electron chi connectivity index (χ4n) is 1.99. The highest BCUT2D eigenvalue weighted by Gasteiger charge is 2.12. The van der Waals surface area contributed by atoms with Gasteiger partial charge in [-0.15, -0.1) is 10.2 Å². The zero-order valence-electron chi connectivity index (χ0n) is 10.1. The van der Waals surface area contributed by atoms with Gasteiger partial charge in [-0.3, -0.25) is 4.57 Å². The lowest BCUT2D eigenvalue weighted by Crippen LogP contribution is -2.08. The Morgan fingerprint density at radius 2 is 1.94 bits per heavy atom. The second kappa shape index (κ2) is 5.32. The van der Waals surface area contributed by atoms with Crippen molar-refractivity contribution in [3.05, 3.63) is 47.0 Å². The second-order valence-electron chi connectivity index (χ2n) is 4.26. The van der Waals surface area contributed by atoms with Gasteiger partial charge in [-0.2, -0.15) is 0 Å². The number of aryl methyl sites for hydroxylation is 2. The van der Waals surface area contributed by atoms with E-state index in [2.05, 4.69) is 41.4 Å². The molecule has 1 heterocycles. The first-order chi connectivity index (χ1) is 8.18. The van der Waals surface area contributed by atoms with E-state index in [0.717, 1.165) is 18.7 Å². The van der Waals surface area contributed by atoms with Crippen LogP contribution in [0.1, 0.15) is 30.8 Å². The van der Waals surface area contributed by atoms with E-state index in [1.807, 2.05) is 17.6 Å². The van der Waals surface area contributed by atoms with Gasteiger partial charge in [0.15, 0.2) is 0 Å². The van der Waals surface area contributed by atoms with Gasteiger partial charge in [0.2, 0.25) is 5.28 Å². The quantitative estimate of drug-likeness (QED) is 0.831. The fraction of sp³-hybridized carbons (Fsp3) is 0.385. The smallest absolute Gasteiger partial charge is 0.225 e. The minimum Gasteiger partial charge on any atom is -0.299 e. The van der Waals surface area contributed by atoms with Crippen molar-refractivity contribution >= 4 is 11.6 Å². The van der Waals surface area contributed by atoms with E-state index in [4.69, 9.17) is 11.6 Å². The van der Waals surface area contributed by atoms with Crippen LogP contribution in [-0.2, 0) is 6.42 Å². The second-order valence-corrected chi connectivity index (χ2v) is 4.60. The molecule has 1 unspecified atom stereocenters. The molecule has 0 aliphatic heterocycles. The molecule has 0 saturated heterocycles. The maximum absolute atomic E-state index is 6.01. The molecule has 3 nitrogen and oxygen atoms in total. The van der Waals surface area contributed by atoms with Crippen LogP contribution in [0.5, 0.6) is 0 Å². The highest BCUT2D eigenvalue weighted by atomic mass is 35.5. The van der Waals surface area contributed by atoms with Crippen molar-refractivity contribution < 1.29 is 0 Å². The molecule has 2 rings (SSSR count). The van der Waals surface area contributed by atoms with E-state index in [1.54, 1.807) is 0 Å². The summed E-state index contributed by atoms with van der Waals surface area (Å²) in [6.07, 6.45) is 2.07. The van der Waals surface area contributed by atoms with Gasteiger partial charge in [0.05, 0.1) is 0 Å². The van der Waals surface area contributed by atoms with E-state index in [1.165, 1.54) is 5.56 Å². The molecule has 1 aromatic heterocycles. The van der Waals surface area contributed by atoms with Crippen molar-refractivity contribution in [1.29, 1.82) is 0 Å². The molecule has 0 radical (unpaired) electrons. The Bertz CT molecular complexity index is 459. The van der Waals surface area contributed by atoms with Gasteiger partial charge >= 0.3 is 0 Å². The van der Waals surface area contributed by atoms with Crippen LogP contribution in [0.4, 0.5) is 0 Å². The minimum atomic E-state index is 0.317. The van der Waals surface area contributed by atoms with Crippen LogP contribution in [-0.4, -0.2) is 14.8 Å². The number of nitrogens with zero attached hydrogens (tertiary/aromatic N) is 3. The number of rotatable bonds is 4. The van der Waals surface area contributed by atoms with Gasteiger partial charge in [0.25, 0.3) is 0 Å². The van der Waals surface area contributed by atoms with Crippen LogP contribution in [0, 0.1) is 6.92 Å². The fourth-order valence-corrected chi connectivity index (χ4v) is 2.32. The normalized spacial score (nSPS) is 12.6. The molecule has 0 bridgehead atoms. The predicted molar refractivity (Wildman–Crippen MR) is 69.2 cm³/mol. The maximum Gasteiger partial charge on any atom is 0.225 e. The molecule has 4 heteroatoms. The third-order valence-electron chi connectivity index (χ3n) is 2.96. The van der Waals surface area contributed by atoms with Gasteiger partial charge in [-0.05, 0) is 43.9 Å². The number of hydrogen-bond acceptors (Lipinski definition) is 2. The number of halogens is 1. The highest BCUT2D eigenvalue weighted by Crippen LogP contribution is 2.20. The highest BCUT2D eigenvalue weighted by molar-refractivity contribution is 6.28. The van der Waals surface area contributed by atoms with E-state index < -0.39 is 0 Å². The molecular weight excluding hydrogens is 234 g/mol. The topological polar surface area (TPSA) is 30.7 Å². The summed E-state index contributed by atoms with van der Waals surface area (Å²) < 4.78 is 1.98. The Morgan fingerprint density at radius 3 is 2.53 bits per heavy atom. The molecule has 90 valence electrons. The van der Waals surface area contributed by atoms with Crippen molar-refractivity contribution in [3.63, 3.8) is 0 Å². The number of benzene rings is 1. The Labute approximate surface area is 106 Å². The van der Waals surface area contributed by atoms with Crippen molar-refractivity contribution in [2.45, 2.75) is 32.7 Å². The molecular formula is C13H16ClN3. The first-order valence-corrected chi connectivity index (χ1v) is 6.17. The lowest BCUT2D eigenvalue weighted by Gasteiger charge is -2.15. The summed E-state index contributed by atoms with van der Waals surface area (Å²) in [5.41, 5.74) is 1.35. The molecule has 0 N–H and O–H groups in total. The van der Waals surface area contributed by atoms with Crippen LogP contribution in [0.15, 0.2) is 30.3 Å². The zero-order chi connectivity index (χ0) is 12.3. The first-order valence-electron chi connectivity index (χ1n) is 5.79. The first kappa shape index (κ1) is 12.1. The molecule has 0 aliphatic rings. The SMILES string of the molecule is Cc1nnc(Cl)n1C(C)CCc1ccccc1. The third-order valence-corrected chi connectivity index (χ3v) is 3.22. The van der Waals surface area contributed by atoms with Crippen LogP contribution >= 0.6 is 11.6 Å². The van der Waals surface area contributed by atoms with Crippen LogP contribution in [0.2, 0.25) is 5.28 Å². The third kappa shape index (κ3) is 2.86. The Morgan fingerprint density at radius 1 is 1.24 bits per heavy atom. The van der Waals surface area contributed by atoms with E-state index in [-0.39, 0.29) is 0 Å². The van der Waals surface area contributed by atoms with Crippen molar-refractivity contribution in [1.82, 2.24) is 14.8 Å². The molecule has 17 heavy (non-hydrogen) atoms. The van der Waals surface area contributed by atoms with Crippen LogP contribution in [0.25, 0.3) is 0 Å². The standard InChI is InChI=1S/C13H16ClN3/c1-10(17-11(2)15-16-13(17)14)8-9-12-6-4-3-5-7-12/h3-7,10H,8-9H2,1-2H3. The van der Waals surface area contributed by atoms with Gasteiger partial charge in [-0.1, -0.05) is 30.3 Å². The largest absolute Gasteiger partial charge is 0.299 e. The summed E-state index contributed by atoms with van der Waals surface area (Å²) in [6, 6.07) is 10.8. The van der Waals surface area contributed by atoms with Crippen molar-refractivity contribution in [2.24, 2.45) is 0 Å². The lowest BCUT2D eigenvalue weighted by atomic mass is 10.1. The Kier molecular flexibility index (Phi) is 3.79. The minimum absolute atomic E-state index is 0.317. The van der Waals surface area contributed by atoms with Crippen LogP contribution in [0.3, 0.4) is 0 Å². The molecule has 0 saturated carbocycles. The average Bonchev–Trinajstić information content (AvgIpc) is 2.67. The summed E-state index contributed by atoms with van der Waals surface area (Å²) >= 11 is 6.01.